The second kappa shape index (κ2) is 4.08. The third-order valence-corrected chi connectivity index (χ3v) is 5.92. The van der Waals surface area contributed by atoms with Crippen molar-refractivity contribution in [2.24, 2.45) is 23.5 Å². The van der Waals surface area contributed by atoms with Crippen LogP contribution in [0.15, 0.2) is 6.07 Å². The summed E-state index contributed by atoms with van der Waals surface area (Å²) >= 11 is 0. The first-order valence-electron chi connectivity index (χ1n) is 7.99. The van der Waals surface area contributed by atoms with E-state index in [9.17, 15) is 0 Å². The summed E-state index contributed by atoms with van der Waals surface area (Å²) < 4.78 is 2.25. The lowest BCUT2D eigenvalue weighted by Crippen LogP contribution is -2.49. The molecule has 2 N–H and O–H groups in total. The average molecular weight is 259 g/mol. The predicted octanol–water partition coefficient (Wildman–Crippen LogP) is 2.83. The maximum atomic E-state index is 5.80. The van der Waals surface area contributed by atoms with Gasteiger partial charge in [0.05, 0.1) is 5.69 Å². The number of nitrogens with zero attached hydrogens (tertiary/aromatic N) is 2. The standard InChI is InChI=1S/C16H25N3/c1-2-19-15(6-14(10-17)18-19)16-7-11-3-12(8-16)5-13(4-11)9-16/h6,11-13H,2-5,7-10,17H2,1H3. The quantitative estimate of drug-likeness (QED) is 0.907. The van der Waals surface area contributed by atoms with Gasteiger partial charge in [-0.25, -0.2) is 0 Å². The van der Waals surface area contributed by atoms with Crippen molar-refractivity contribution in [2.45, 2.75) is 64.0 Å². The van der Waals surface area contributed by atoms with Gasteiger partial charge in [0, 0.05) is 24.2 Å². The van der Waals surface area contributed by atoms with Crippen molar-refractivity contribution >= 4 is 0 Å². The molecular formula is C16H25N3. The summed E-state index contributed by atoms with van der Waals surface area (Å²) in [5, 5.41) is 4.70. The molecule has 3 nitrogen and oxygen atoms in total. The smallest absolute Gasteiger partial charge is 0.0763 e. The first-order valence-corrected chi connectivity index (χ1v) is 7.99. The first kappa shape index (κ1) is 12.0. The highest BCUT2D eigenvalue weighted by Crippen LogP contribution is 2.60. The molecule has 1 aromatic rings. The van der Waals surface area contributed by atoms with E-state index in [1.807, 2.05) is 0 Å². The Balaban J connectivity index is 1.76. The van der Waals surface area contributed by atoms with Crippen molar-refractivity contribution < 1.29 is 0 Å². The molecule has 0 radical (unpaired) electrons. The summed E-state index contributed by atoms with van der Waals surface area (Å²) in [7, 11) is 0. The number of aromatic nitrogens is 2. The maximum Gasteiger partial charge on any atom is 0.0763 e. The highest BCUT2D eigenvalue weighted by Gasteiger charge is 2.52. The van der Waals surface area contributed by atoms with Crippen LogP contribution < -0.4 is 5.73 Å². The van der Waals surface area contributed by atoms with Gasteiger partial charge in [-0.1, -0.05) is 0 Å². The summed E-state index contributed by atoms with van der Waals surface area (Å²) in [5.74, 6) is 2.98. The average Bonchev–Trinajstić information content (AvgIpc) is 2.81. The normalized spacial score (nSPS) is 40.0. The fourth-order valence-electron chi connectivity index (χ4n) is 5.66. The van der Waals surface area contributed by atoms with Crippen molar-refractivity contribution in [3.05, 3.63) is 17.5 Å². The predicted molar refractivity (Wildman–Crippen MR) is 75.6 cm³/mol. The van der Waals surface area contributed by atoms with Crippen LogP contribution in [0.5, 0.6) is 0 Å². The van der Waals surface area contributed by atoms with Gasteiger partial charge in [0.15, 0.2) is 0 Å². The Morgan fingerprint density at radius 2 is 1.79 bits per heavy atom. The number of nitrogens with two attached hydrogens (primary N) is 1. The Kier molecular flexibility index (Phi) is 2.57. The molecule has 3 heteroatoms. The van der Waals surface area contributed by atoms with Gasteiger partial charge in [-0.05, 0) is 69.3 Å². The van der Waals surface area contributed by atoms with E-state index < -0.39 is 0 Å². The summed E-state index contributed by atoms with van der Waals surface area (Å²) in [5.41, 5.74) is 8.84. The number of hydrogen-bond acceptors (Lipinski definition) is 2. The highest BCUT2D eigenvalue weighted by molar-refractivity contribution is 5.25. The number of hydrogen-bond donors (Lipinski definition) is 1. The summed E-state index contributed by atoms with van der Waals surface area (Å²) in [4.78, 5) is 0. The highest BCUT2D eigenvalue weighted by atomic mass is 15.3. The molecule has 19 heavy (non-hydrogen) atoms. The Hall–Kier alpha value is -0.830. The van der Waals surface area contributed by atoms with E-state index in [2.05, 4.69) is 17.7 Å². The van der Waals surface area contributed by atoms with Crippen LogP contribution in [0.3, 0.4) is 0 Å². The molecule has 4 saturated carbocycles. The summed E-state index contributed by atoms with van der Waals surface area (Å²) in [6.45, 7) is 3.76. The topological polar surface area (TPSA) is 43.8 Å². The lowest BCUT2D eigenvalue weighted by Gasteiger charge is -2.56. The van der Waals surface area contributed by atoms with Gasteiger partial charge < -0.3 is 5.73 Å². The third-order valence-electron chi connectivity index (χ3n) is 5.92. The fourth-order valence-corrected chi connectivity index (χ4v) is 5.66. The molecule has 4 aliphatic carbocycles. The molecule has 0 saturated heterocycles. The van der Waals surface area contributed by atoms with Crippen molar-refractivity contribution in [1.29, 1.82) is 0 Å². The van der Waals surface area contributed by atoms with Crippen LogP contribution in [0.2, 0.25) is 0 Å². The van der Waals surface area contributed by atoms with Gasteiger partial charge in [-0.3, -0.25) is 4.68 Å². The van der Waals surface area contributed by atoms with Crippen LogP contribution in [0.4, 0.5) is 0 Å². The van der Waals surface area contributed by atoms with E-state index in [1.54, 1.807) is 0 Å². The summed E-state index contributed by atoms with van der Waals surface area (Å²) in [6.07, 6.45) is 8.74. The van der Waals surface area contributed by atoms with Crippen LogP contribution in [-0.4, -0.2) is 9.78 Å². The van der Waals surface area contributed by atoms with Gasteiger partial charge in [-0.15, -0.1) is 0 Å². The minimum atomic E-state index is 0.450. The van der Waals surface area contributed by atoms with Gasteiger partial charge in [0.25, 0.3) is 0 Å². The van der Waals surface area contributed by atoms with Crippen LogP contribution >= 0.6 is 0 Å². The molecule has 1 heterocycles. The van der Waals surface area contributed by atoms with E-state index in [-0.39, 0.29) is 0 Å². The first-order chi connectivity index (χ1) is 9.22. The Labute approximate surface area is 115 Å². The monoisotopic (exact) mass is 259 g/mol. The minimum absolute atomic E-state index is 0.450. The Morgan fingerprint density at radius 1 is 1.21 bits per heavy atom. The third kappa shape index (κ3) is 1.70. The molecule has 0 amide bonds. The van der Waals surface area contributed by atoms with Crippen LogP contribution in [-0.2, 0) is 18.5 Å². The van der Waals surface area contributed by atoms with Crippen molar-refractivity contribution in [3.63, 3.8) is 0 Å². The molecule has 5 rings (SSSR count). The van der Waals surface area contributed by atoms with Gasteiger partial charge in [0.2, 0.25) is 0 Å². The fraction of sp³-hybridized carbons (Fsp3) is 0.812. The van der Waals surface area contributed by atoms with Crippen molar-refractivity contribution in [1.82, 2.24) is 9.78 Å². The molecule has 0 atom stereocenters. The molecule has 4 aliphatic rings. The lowest BCUT2D eigenvalue weighted by molar-refractivity contribution is -0.00924. The van der Waals surface area contributed by atoms with Crippen LogP contribution in [0.1, 0.15) is 56.8 Å². The maximum absolute atomic E-state index is 5.80. The molecule has 104 valence electrons. The Bertz CT molecular complexity index is 453. The Morgan fingerprint density at radius 3 is 2.26 bits per heavy atom. The molecule has 0 spiro atoms. The number of aryl methyl sites for hydroxylation is 1. The van der Waals surface area contributed by atoms with Crippen molar-refractivity contribution in [2.75, 3.05) is 0 Å². The van der Waals surface area contributed by atoms with E-state index in [4.69, 9.17) is 10.8 Å². The van der Waals surface area contributed by atoms with Crippen LogP contribution in [0.25, 0.3) is 0 Å². The zero-order valence-corrected chi connectivity index (χ0v) is 11.9. The summed E-state index contributed by atoms with van der Waals surface area (Å²) in [6, 6.07) is 2.32. The molecule has 4 fully saturated rings. The van der Waals surface area contributed by atoms with Gasteiger partial charge in [0.1, 0.15) is 0 Å². The zero-order valence-electron chi connectivity index (χ0n) is 11.9. The second-order valence-electron chi connectivity index (χ2n) is 7.24. The molecule has 0 aromatic carbocycles. The molecule has 0 aliphatic heterocycles. The number of rotatable bonds is 3. The van der Waals surface area contributed by atoms with Crippen LogP contribution in [0, 0.1) is 17.8 Å². The molecular weight excluding hydrogens is 234 g/mol. The van der Waals surface area contributed by atoms with E-state index in [0.717, 1.165) is 30.0 Å². The molecule has 1 aromatic heterocycles. The second-order valence-corrected chi connectivity index (χ2v) is 7.24. The zero-order chi connectivity index (χ0) is 13.0. The van der Waals surface area contributed by atoms with Gasteiger partial charge >= 0.3 is 0 Å². The van der Waals surface area contributed by atoms with Crippen molar-refractivity contribution in [3.8, 4) is 0 Å². The minimum Gasteiger partial charge on any atom is -0.325 e. The van der Waals surface area contributed by atoms with Gasteiger partial charge in [-0.2, -0.15) is 5.10 Å². The van der Waals surface area contributed by atoms with E-state index in [0.29, 0.717) is 12.0 Å². The molecule has 4 bridgehead atoms. The largest absolute Gasteiger partial charge is 0.325 e. The molecule has 0 unspecified atom stereocenters. The van der Waals surface area contributed by atoms with E-state index >= 15 is 0 Å². The SMILES string of the molecule is CCn1nc(CN)cc1C12CC3CC(CC(C3)C1)C2. The lowest BCUT2D eigenvalue weighted by atomic mass is 9.49. The van der Waals surface area contributed by atoms with E-state index in [1.165, 1.54) is 44.2 Å².